The maximum Gasteiger partial charge on any atom is 0.286 e. The lowest BCUT2D eigenvalue weighted by atomic mass is 10.2. The number of nitrogens with two attached hydrogens (primary N) is 1. The van der Waals surface area contributed by atoms with Gasteiger partial charge in [-0.1, -0.05) is 0 Å². The minimum absolute atomic E-state index is 0.0336. The van der Waals surface area contributed by atoms with Gasteiger partial charge < -0.3 is 15.8 Å². The number of benzene rings is 1. The van der Waals surface area contributed by atoms with Crippen LogP contribution in [0.25, 0.3) is 0 Å². The number of nitrogens with one attached hydrogen (secondary N) is 1. The summed E-state index contributed by atoms with van der Waals surface area (Å²) in [5.74, 6) is 1.34. The van der Waals surface area contributed by atoms with Crippen LogP contribution >= 0.6 is 11.8 Å². The van der Waals surface area contributed by atoms with Crippen molar-refractivity contribution in [1.29, 1.82) is 0 Å². The van der Waals surface area contributed by atoms with Crippen LogP contribution in [0.3, 0.4) is 0 Å². The molecule has 1 heterocycles. The van der Waals surface area contributed by atoms with E-state index in [0.29, 0.717) is 27.9 Å². The molecule has 7 heteroatoms. The summed E-state index contributed by atoms with van der Waals surface area (Å²) in [6, 6.07) is 3.07. The molecule has 90 valence electrons. The normalized spacial score (nSPS) is 13.8. The van der Waals surface area contributed by atoms with Crippen molar-refractivity contribution in [2.45, 2.75) is 11.8 Å². The van der Waals surface area contributed by atoms with Crippen LogP contribution in [-0.4, -0.2) is 11.2 Å². The lowest BCUT2D eigenvalue weighted by Crippen LogP contribution is -2.19. The van der Waals surface area contributed by atoms with Gasteiger partial charge in [-0.15, -0.1) is 11.8 Å². The first-order valence-electron chi connectivity index (χ1n) is 4.80. The highest BCUT2D eigenvalue weighted by Crippen LogP contribution is 2.40. The first-order chi connectivity index (χ1) is 8.02. The van der Waals surface area contributed by atoms with E-state index >= 15 is 0 Å². The number of rotatable bonds is 2. The van der Waals surface area contributed by atoms with Crippen molar-refractivity contribution in [3.63, 3.8) is 0 Å². The summed E-state index contributed by atoms with van der Waals surface area (Å²) in [6.07, 6.45) is 1.78. The second-order valence-electron chi connectivity index (χ2n) is 3.47. The van der Waals surface area contributed by atoms with Crippen LogP contribution in [0, 0.1) is 10.1 Å². The third-order valence-corrected chi connectivity index (χ3v) is 3.16. The van der Waals surface area contributed by atoms with Crippen molar-refractivity contribution in [3.05, 3.63) is 33.8 Å². The summed E-state index contributed by atoms with van der Waals surface area (Å²) in [5, 5.41) is 13.8. The highest BCUT2D eigenvalue weighted by molar-refractivity contribution is 7.98. The highest BCUT2D eigenvalue weighted by Gasteiger charge is 2.22. The molecule has 0 saturated heterocycles. The van der Waals surface area contributed by atoms with Gasteiger partial charge in [-0.3, -0.25) is 10.1 Å². The highest BCUT2D eigenvalue weighted by atomic mass is 32.2. The first kappa shape index (κ1) is 11.6. The maximum atomic E-state index is 10.9. The van der Waals surface area contributed by atoms with Gasteiger partial charge in [0, 0.05) is 0 Å². The van der Waals surface area contributed by atoms with Crippen LogP contribution in [0.15, 0.2) is 28.6 Å². The van der Waals surface area contributed by atoms with Gasteiger partial charge in [0.05, 0.1) is 21.6 Å². The summed E-state index contributed by atoms with van der Waals surface area (Å²) < 4.78 is 5.41. The molecule has 0 saturated carbocycles. The van der Waals surface area contributed by atoms with E-state index in [1.54, 1.807) is 19.2 Å². The Labute approximate surface area is 102 Å². The van der Waals surface area contributed by atoms with Gasteiger partial charge in [0.1, 0.15) is 11.6 Å². The molecule has 0 fully saturated rings. The van der Waals surface area contributed by atoms with E-state index in [0.717, 1.165) is 0 Å². The van der Waals surface area contributed by atoms with Gasteiger partial charge in [-0.25, -0.2) is 0 Å². The number of anilines is 1. The summed E-state index contributed by atoms with van der Waals surface area (Å²) in [7, 11) is 0. The van der Waals surface area contributed by atoms with Gasteiger partial charge in [0.25, 0.3) is 5.69 Å². The Morgan fingerprint density at radius 3 is 2.82 bits per heavy atom. The van der Waals surface area contributed by atoms with Gasteiger partial charge in [0.2, 0.25) is 0 Å². The fraction of sp³-hybridized carbons (Fsp3) is 0.200. The molecule has 0 spiro atoms. The molecule has 17 heavy (non-hydrogen) atoms. The third kappa shape index (κ3) is 2.01. The number of nitrogens with zero attached hydrogens (tertiary/aromatic N) is 1. The minimum atomic E-state index is -0.424. The van der Waals surface area contributed by atoms with Crippen molar-refractivity contribution < 1.29 is 9.66 Å². The Morgan fingerprint density at radius 2 is 2.24 bits per heavy atom. The van der Waals surface area contributed by atoms with Gasteiger partial charge in [-0.05, 0) is 19.2 Å². The Kier molecular flexibility index (Phi) is 2.84. The maximum absolute atomic E-state index is 10.9. The molecule has 0 aliphatic carbocycles. The standard InChI is InChI=1S/C10H11N3O3S/c1-5-10(11)12-6-3-9(17-2)7(13(14)15)4-8(6)16-5/h3-4,12H,11H2,1-2H3. The summed E-state index contributed by atoms with van der Waals surface area (Å²) in [6.45, 7) is 1.69. The number of hydrogen-bond acceptors (Lipinski definition) is 6. The zero-order chi connectivity index (χ0) is 12.6. The van der Waals surface area contributed by atoms with E-state index in [1.165, 1.54) is 17.8 Å². The van der Waals surface area contributed by atoms with Crippen LogP contribution in [0.2, 0.25) is 0 Å². The summed E-state index contributed by atoms with van der Waals surface area (Å²) >= 11 is 1.30. The van der Waals surface area contributed by atoms with E-state index in [2.05, 4.69) is 5.32 Å². The van der Waals surface area contributed by atoms with Crippen LogP contribution in [0.5, 0.6) is 5.75 Å². The predicted octanol–water partition coefficient (Wildman–Crippen LogP) is 2.27. The largest absolute Gasteiger partial charge is 0.456 e. The van der Waals surface area contributed by atoms with Gasteiger partial charge in [0.15, 0.2) is 5.75 Å². The molecule has 3 N–H and O–H groups in total. The van der Waals surface area contributed by atoms with Crippen molar-refractivity contribution in [3.8, 4) is 5.75 Å². The number of thioether (sulfide) groups is 1. The second-order valence-corrected chi connectivity index (χ2v) is 4.32. The van der Waals surface area contributed by atoms with Crippen molar-refractivity contribution in [1.82, 2.24) is 0 Å². The quantitative estimate of drug-likeness (QED) is 0.477. The lowest BCUT2D eigenvalue weighted by molar-refractivity contribution is -0.387. The molecule has 0 amide bonds. The van der Waals surface area contributed by atoms with E-state index in [1.807, 2.05) is 0 Å². The van der Waals surface area contributed by atoms with Crippen LogP contribution in [-0.2, 0) is 0 Å². The molecule has 2 rings (SSSR count). The number of nitro groups is 1. The summed E-state index contributed by atoms with van der Waals surface area (Å²) in [5.41, 5.74) is 6.36. The number of allylic oxidation sites excluding steroid dienone is 1. The Bertz CT molecular complexity index is 528. The van der Waals surface area contributed by atoms with Crippen LogP contribution in [0.4, 0.5) is 11.4 Å². The van der Waals surface area contributed by atoms with Crippen molar-refractivity contribution in [2.75, 3.05) is 11.6 Å². The Balaban J connectivity index is 2.53. The molecule has 1 aromatic carbocycles. The van der Waals surface area contributed by atoms with E-state index in [9.17, 15) is 10.1 Å². The molecular formula is C10H11N3O3S. The Hall–Kier alpha value is -1.89. The van der Waals surface area contributed by atoms with Crippen molar-refractivity contribution >= 4 is 23.1 Å². The molecule has 1 aliphatic rings. The molecule has 6 nitrogen and oxygen atoms in total. The zero-order valence-corrected chi connectivity index (χ0v) is 10.1. The fourth-order valence-corrected chi connectivity index (χ4v) is 2.07. The monoisotopic (exact) mass is 253 g/mol. The average molecular weight is 253 g/mol. The average Bonchev–Trinajstić information content (AvgIpc) is 2.29. The molecule has 1 aromatic rings. The molecule has 0 aromatic heterocycles. The predicted molar refractivity (Wildman–Crippen MR) is 66.0 cm³/mol. The molecule has 0 atom stereocenters. The number of nitro benzene ring substituents is 1. The molecular weight excluding hydrogens is 242 g/mol. The van der Waals surface area contributed by atoms with E-state index < -0.39 is 4.92 Å². The number of ether oxygens (including phenoxy) is 1. The van der Waals surface area contributed by atoms with E-state index in [-0.39, 0.29) is 5.69 Å². The summed E-state index contributed by atoms with van der Waals surface area (Å²) in [4.78, 5) is 11.0. The van der Waals surface area contributed by atoms with Crippen molar-refractivity contribution in [2.24, 2.45) is 5.73 Å². The smallest absolute Gasteiger partial charge is 0.286 e. The third-order valence-electron chi connectivity index (χ3n) is 2.39. The van der Waals surface area contributed by atoms with E-state index in [4.69, 9.17) is 10.5 Å². The molecule has 0 radical (unpaired) electrons. The van der Waals surface area contributed by atoms with Crippen LogP contribution in [0.1, 0.15) is 6.92 Å². The first-order valence-corrected chi connectivity index (χ1v) is 6.03. The minimum Gasteiger partial charge on any atom is -0.456 e. The lowest BCUT2D eigenvalue weighted by Gasteiger charge is -2.21. The number of hydrogen-bond donors (Lipinski definition) is 2. The topological polar surface area (TPSA) is 90.4 Å². The molecule has 0 bridgehead atoms. The van der Waals surface area contributed by atoms with Gasteiger partial charge in [-0.2, -0.15) is 0 Å². The SMILES string of the molecule is CSc1cc2c(cc1[N+](=O)[O-])OC(C)=C(N)N2. The molecule has 1 aliphatic heterocycles. The second kappa shape index (κ2) is 4.17. The van der Waals surface area contributed by atoms with Gasteiger partial charge >= 0.3 is 0 Å². The zero-order valence-electron chi connectivity index (χ0n) is 9.31. The Morgan fingerprint density at radius 1 is 1.53 bits per heavy atom. The molecule has 0 unspecified atom stereocenters. The number of fused-ring (bicyclic) bond motifs is 1. The fourth-order valence-electron chi connectivity index (χ4n) is 1.49. The van der Waals surface area contributed by atoms with Crippen LogP contribution < -0.4 is 15.8 Å².